The van der Waals surface area contributed by atoms with Gasteiger partial charge < -0.3 is 14.1 Å². The molecule has 5 aliphatic rings. The number of ether oxygens (including phenoxy) is 1. The van der Waals surface area contributed by atoms with Gasteiger partial charge in [0.2, 0.25) is 0 Å². The molecule has 3 aliphatic heterocycles. The van der Waals surface area contributed by atoms with Crippen LogP contribution in [0.1, 0.15) is 59.8 Å². The number of carbonyl (C=O) groups is 2. The van der Waals surface area contributed by atoms with Gasteiger partial charge in [0.1, 0.15) is 0 Å². The molecular weight excluding hydrogens is 370 g/mol. The zero-order chi connectivity index (χ0) is 20.3. The Morgan fingerprint density at radius 3 is 2.57 bits per heavy atom. The molecule has 3 heterocycles. The molecule has 0 radical (unpaired) electrons. The summed E-state index contributed by atoms with van der Waals surface area (Å²) in [4.78, 5) is 28.7. The van der Waals surface area contributed by atoms with Crippen molar-refractivity contribution >= 4 is 20.2 Å². The Bertz CT molecular complexity index is 743. The summed E-state index contributed by atoms with van der Waals surface area (Å²) in [7, 11) is -1.90. The lowest BCUT2D eigenvalue weighted by Crippen LogP contribution is -2.71. The normalized spacial score (nSPS) is 47.2. The lowest BCUT2D eigenvalue weighted by atomic mass is 9.43. The molecule has 0 aromatic heterocycles. The second kappa shape index (κ2) is 5.42. The van der Waals surface area contributed by atoms with E-state index in [2.05, 4.69) is 40.8 Å². The van der Waals surface area contributed by atoms with E-state index in [9.17, 15) is 9.59 Å². The van der Waals surface area contributed by atoms with Crippen LogP contribution in [0, 0.1) is 22.7 Å². The van der Waals surface area contributed by atoms with Gasteiger partial charge in [0.25, 0.3) is 5.91 Å². The topological polar surface area (TPSA) is 55.8 Å². The molecule has 0 aromatic rings. The van der Waals surface area contributed by atoms with Crippen LogP contribution in [0.5, 0.6) is 0 Å². The van der Waals surface area contributed by atoms with Crippen molar-refractivity contribution in [2.75, 3.05) is 6.54 Å². The van der Waals surface area contributed by atoms with Gasteiger partial charge >= 0.3 is 5.97 Å². The average Bonchev–Trinajstić information content (AvgIpc) is 3.04. The first-order valence-electron chi connectivity index (χ1n) is 11.1. The van der Waals surface area contributed by atoms with Crippen molar-refractivity contribution in [1.29, 1.82) is 0 Å². The zero-order valence-electron chi connectivity index (χ0n) is 18.2. The molecule has 5 fully saturated rings. The highest BCUT2D eigenvalue weighted by molar-refractivity contribution is 6.74. The number of esters is 1. The standard InChI is InChI=1S/C22H35NO4Si/c1-13-12-23-16-15(13)8-9-21-11-14(27-28(5,6)20(2,3)4)7-10-22(16,21)19(25)26-17(21)18(23)24/h13-17H,7-12H2,1-6H3/t13-,14-,15-,16+,17-,21-,22-/m1/s1. The van der Waals surface area contributed by atoms with E-state index in [1.54, 1.807) is 0 Å². The summed E-state index contributed by atoms with van der Waals surface area (Å²) in [6.45, 7) is 14.5. The minimum Gasteiger partial charge on any atom is -0.451 e. The van der Waals surface area contributed by atoms with E-state index >= 15 is 0 Å². The summed E-state index contributed by atoms with van der Waals surface area (Å²) in [5, 5.41) is 0.156. The summed E-state index contributed by atoms with van der Waals surface area (Å²) in [5.74, 6) is 0.924. The lowest BCUT2D eigenvalue weighted by molar-refractivity contribution is -0.184. The molecule has 3 saturated heterocycles. The van der Waals surface area contributed by atoms with Gasteiger partial charge in [-0.05, 0) is 62.1 Å². The highest BCUT2D eigenvalue weighted by Gasteiger charge is 2.81. The highest BCUT2D eigenvalue weighted by atomic mass is 28.4. The van der Waals surface area contributed by atoms with Crippen LogP contribution in [0.3, 0.4) is 0 Å². The third kappa shape index (κ3) is 2.02. The van der Waals surface area contributed by atoms with Crippen LogP contribution in [0.15, 0.2) is 0 Å². The molecular formula is C22H35NO4Si. The molecule has 156 valence electrons. The Morgan fingerprint density at radius 1 is 1.18 bits per heavy atom. The van der Waals surface area contributed by atoms with Gasteiger partial charge in [-0.2, -0.15) is 0 Å². The minimum atomic E-state index is -1.90. The molecule has 4 bridgehead atoms. The van der Waals surface area contributed by atoms with E-state index in [4.69, 9.17) is 9.16 Å². The van der Waals surface area contributed by atoms with Gasteiger partial charge in [-0.25, -0.2) is 0 Å². The predicted octanol–water partition coefficient (Wildman–Crippen LogP) is 3.73. The molecule has 0 spiro atoms. The lowest BCUT2D eigenvalue weighted by Gasteiger charge is -2.61. The largest absolute Gasteiger partial charge is 0.451 e. The van der Waals surface area contributed by atoms with Crippen LogP contribution in [-0.4, -0.2) is 49.9 Å². The maximum atomic E-state index is 13.4. The summed E-state index contributed by atoms with van der Waals surface area (Å²) in [5.41, 5.74) is -0.819. The minimum absolute atomic E-state index is 0.0591. The number of amides is 1. The van der Waals surface area contributed by atoms with Gasteiger partial charge in [-0.1, -0.05) is 27.7 Å². The van der Waals surface area contributed by atoms with Crippen LogP contribution in [0.2, 0.25) is 18.1 Å². The van der Waals surface area contributed by atoms with E-state index in [-0.39, 0.29) is 34.5 Å². The van der Waals surface area contributed by atoms with Crippen molar-refractivity contribution in [2.45, 2.75) is 96.2 Å². The van der Waals surface area contributed by atoms with E-state index in [1.807, 2.05) is 4.90 Å². The fourth-order valence-corrected chi connectivity index (χ4v) is 8.66. The third-order valence-electron chi connectivity index (χ3n) is 9.59. The van der Waals surface area contributed by atoms with Gasteiger partial charge in [0.15, 0.2) is 14.4 Å². The second-order valence-corrected chi connectivity index (χ2v) is 16.5. The first kappa shape index (κ1) is 19.1. The predicted molar refractivity (Wildman–Crippen MR) is 108 cm³/mol. The Labute approximate surface area is 169 Å². The molecule has 2 aliphatic carbocycles. The fraction of sp³-hybridized carbons (Fsp3) is 0.909. The maximum absolute atomic E-state index is 13.4. The molecule has 28 heavy (non-hydrogen) atoms. The molecule has 1 amide bonds. The van der Waals surface area contributed by atoms with Crippen molar-refractivity contribution in [3.05, 3.63) is 0 Å². The van der Waals surface area contributed by atoms with E-state index in [0.717, 1.165) is 38.6 Å². The third-order valence-corrected chi connectivity index (χ3v) is 14.1. The molecule has 6 heteroatoms. The molecule has 0 unspecified atom stereocenters. The number of nitrogens with zero attached hydrogens (tertiary/aromatic N) is 1. The van der Waals surface area contributed by atoms with Crippen molar-refractivity contribution < 1.29 is 18.8 Å². The van der Waals surface area contributed by atoms with Crippen molar-refractivity contribution in [3.63, 3.8) is 0 Å². The van der Waals surface area contributed by atoms with Crippen molar-refractivity contribution in [3.8, 4) is 0 Å². The van der Waals surface area contributed by atoms with Gasteiger partial charge in [-0.15, -0.1) is 0 Å². The van der Waals surface area contributed by atoms with Gasteiger partial charge in [0, 0.05) is 18.1 Å². The SMILES string of the molecule is C[C@@H]1CN2C(=O)[C@H]3OC(=O)[C@]45CC[C@@H](O[Si](C)(C)C(C)(C)C)C[C@]34CC[C@H]1[C@H]25. The Balaban J connectivity index is 1.53. The van der Waals surface area contributed by atoms with E-state index in [1.165, 1.54) is 0 Å². The summed E-state index contributed by atoms with van der Waals surface area (Å²) in [6, 6.07) is 0.0591. The molecule has 7 atom stereocenters. The quantitative estimate of drug-likeness (QED) is 0.519. The molecule has 0 aromatic carbocycles. The maximum Gasteiger partial charge on any atom is 0.315 e. The fourth-order valence-electron chi connectivity index (χ4n) is 7.28. The number of carbonyl (C=O) groups excluding carboxylic acids is 2. The van der Waals surface area contributed by atoms with Crippen LogP contribution in [0.25, 0.3) is 0 Å². The monoisotopic (exact) mass is 405 g/mol. The van der Waals surface area contributed by atoms with E-state index in [0.29, 0.717) is 11.8 Å². The van der Waals surface area contributed by atoms with Crippen molar-refractivity contribution in [1.82, 2.24) is 4.90 Å². The van der Waals surface area contributed by atoms with Crippen molar-refractivity contribution in [2.24, 2.45) is 22.7 Å². The summed E-state index contributed by atoms with van der Waals surface area (Å²) in [6.07, 6.45) is 4.15. The highest BCUT2D eigenvalue weighted by Crippen LogP contribution is 2.72. The Morgan fingerprint density at radius 2 is 1.89 bits per heavy atom. The molecule has 5 nitrogen and oxygen atoms in total. The molecule has 5 rings (SSSR count). The Kier molecular flexibility index (Phi) is 3.70. The average molecular weight is 406 g/mol. The first-order chi connectivity index (χ1) is 12.9. The summed E-state index contributed by atoms with van der Waals surface area (Å²) >= 11 is 0. The Hall–Kier alpha value is -0.883. The first-order valence-corrected chi connectivity index (χ1v) is 14.0. The molecule has 0 N–H and O–H groups in total. The van der Waals surface area contributed by atoms with Crippen LogP contribution in [-0.2, 0) is 18.8 Å². The zero-order valence-corrected chi connectivity index (χ0v) is 19.2. The smallest absolute Gasteiger partial charge is 0.315 e. The second-order valence-electron chi connectivity index (χ2n) is 11.8. The molecule has 2 saturated carbocycles. The number of hydrogen-bond acceptors (Lipinski definition) is 4. The number of rotatable bonds is 2. The van der Waals surface area contributed by atoms with E-state index < -0.39 is 19.8 Å². The van der Waals surface area contributed by atoms with Crippen LogP contribution >= 0.6 is 0 Å². The van der Waals surface area contributed by atoms with Gasteiger partial charge in [-0.3, -0.25) is 9.59 Å². The van der Waals surface area contributed by atoms with Gasteiger partial charge in [0.05, 0.1) is 11.5 Å². The number of piperidine rings is 1. The van der Waals surface area contributed by atoms with Crippen LogP contribution < -0.4 is 0 Å². The summed E-state index contributed by atoms with van der Waals surface area (Å²) < 4.78 is 12.7. The van der Waals surface area contributed by atoms with Crippen LogP contribution in [0.4, 0.5) is 0 Å². The number of hydrogen-bond donors (Lipinski definition) is 0.